The van der Waals surface area contributed by atoms with Crippen molar-refractivity contribution in [2.75, 3.05) is 13.1 Å². The van der Waals surface area contributed by atoms with Crippen LogP contribution in [0.4, 0.5) is 4.39 Å². The average Bonchev–Trinajstić information content (AvgIpc) is 3.52. The van der Waals surface area contributed by atoms with Gasteiger partial charge in [-0.1, -0.05) is 17.3 Å². The molecule has 4 aromatic rings. The Balaban J connectivity index is 1.59. The van der Waals surface area contributed by atoms with E-state index in [-0.39, 0.29) is 17.6 Å². The maximum Gasteiger partial charge on any atom is 0.272 e. The molecule has 0 aliphatic carbocycles. The van der Waals surface area contributed by atoms with Crippen LogP contribution in [0.3, 0.4) is 0 Å². The second-order valence-corrected chi connectivity index (χ2v) is 7.95. The Kier molecular flexibility index (Phi) is 3.51. The van der Waals surface area contributed by atoms with Gasteiger partial charge in [-0.25, -0.2) is 4.39 Å². The Morgan fingerprint density at radius 2 is 2.03 bits per heavy atom. The van der Waals surface area contributed by atoms with E-state index < -0.39 is 5.66 Å². The third-order valence-corrected chi connectivity index (χ3v) is 6.42. The summed E-state index contributed by atoms with van der Waals surface area (Å²) in [6.07, 6.45) is 3.14. The monoisotopic (exact) mass is 419 g/mol. The molecular formula is C22H18FN5O3. The quantitative estimate of drug-likeness (QED) is 0.541. The number of halogens is 1. The first-order valence-corrected chi connectivity index (χ1v) is 9.98. The summed E-state index contributed by atoms with van der Waals surface area (Å²) in [6.45, 7) is 2.73. The summed E-state index contributed by atoms with van der Waals surface area (Å²) in [5.74, 6) is -0.831. The van der Waals surface area contributed by atoms with Crippen LogP contribution in [0.15, 0.2) is 53.4 Å². The van der Waals surface area contributed by atoms with E-state index in [1.807, 2.05) is 22.9 Å². The number of carbonyl (C=O) groups is 2. The predicted octanol–water partition coefficient (Wildman–Crippen LogP) is 2.87. The number of nitrogens with zero attached hydrogens (tertiary/aromatic N) is 4. The van der Waals surface area contributed by atoms with Gasteiger partial charge >= 0.3 is 0 Å². The molecule has 8 nitrogen and oxygen atoms in total. The number of carbonyl (C=O) groups excluding carboxylic acids is 2. The van der Waals surface area contributed by atoms with Gasteiger partial charge < -0.3 is 23.9 Å². The predicted molar refractivity (Wildman–Crippen MR) is 108 cm³/mol. The molecule has 1 saturated heterocycles. The van der Waals surface area contributed by atoms with Gasteiger partial charge in [0.15, 0.2) is 5.66 Å². The molecule has 1 atom stereocenters. The van der Waals surface area contributed by atoms with Crippen LogP contribution in [0.5, 0.6) is 0 Å². The van der Waals surface area contributed by atoms with Gasteiger partial charge in [0.05, 0.1) is 12.2 Å². The number of amides is 2. The molecule has 1 unspecified atom stereocenters. The Morgan fingerprint density at radius 3 is 2.77 bits per heavy atom. The Labute approximate surface area is 175 Å². The normalized spacial score (nSPS) is 20.4. The highest BCUT2D eigenvalue weighted by molar-refractivity contribution is 6.01. The van der Waals surface area contributed by atoms with Gasteiger partial charge in [-0.15, -0.1) is 0 Å². The number of hydrogen-bond donors (Lipinski definition) is 1. The summed E-state index contributed by atoms with van der Waals surface area (Å²) in [6, 6.07) is 9.76. The minimum Gasteiger partial charge on any atom is -0.364 e. The molecule has 2 aliphatic rings. The maximum atomic E-state index is 13.8. The molecular weight excluding hydrogens is 401 g/mol. The SMILES string of the molecule is Cc1nocc1C(=O)N1CCN2C(=O)c3cc4cc[nH]c4n3CC12c1ccc(F)cc1. The molecule has 5 heterocycles. The van der Waals surface area contributed by atoms with E-state index in [1.165, 1.54) is 18.4 Å². The fraction of sp³-hybridized carbons (Fsp3) is 0.227. The lowest BCUT2D eigenvalue weighted by Crippen LogP contribution is -2.60. The van der Waals surface area contributed by atoms with Gasteiger partial charge in [0.1, 0.15) is 29.0 Å². The van der Waals surface area contributed by atoms with E-state index in [9.17, 15) is 14.0 Å². The van der Waals surface area contributed by atoms with Crippen LogP contribution >= 0.6 is 0 Å². The molecule has 31 heavy (non-hydrogen) atoms. The zero-order valence-corrected chi connectivity index (χ0v) is 16.6. The molecule has 156 valence electrons. The number of aryl methyl sites for hydroxylation is 1. The van der Waals surface area contributed by atoms with Gasteiger partial charge in [0, 0.05) is 30.2 Å². The minimum atomic E-state index is -1.10. The zero-order chi connectivity index (χ0) is 21.3. The molecule has 2 amide bonds. The largest absolute Gasteiger partial charge is 0.364 e. The molecule has 6 rings (SSSR count). The van der Waals surface area contributed by atoms with E-state index in [1.54, 1.807) is 28.9 Å². The molecule has 9 heteroatoms. The molecule has 1 fully saturated rings. The second kappa shape index (κ2) is 6.07. The number of aromatic amines is 1. The first kappa shape index (κ1) is 17.9. The Hall–Kier alpha value is -3.88. The van der Waals surface area contributed by atoms with Crippen LogP contribution in [0.1, 0.15) is 32.1 Å². The summed E-state index contributed by atoms with van der Waals surface area (Å²) in [5, 5.41) is 4.76. The van der Waals surface area contributed by atoms with Crippen molar-refractivity contribution < 1.29 is 18.5 Å². The lowest BCUT2D eigenvalue weighted by molar-refractivity contribution is -0.00531. The first-order valence-electron chi connectivity index (χ1n) is 9.98. The standard InChI is InChI=1S/C22H18FN5O3/c1-13-17(11-31-25-13)20(29)27-8-9-28-21(30)18-10-14-6-7-24-19(14)26(18)12-22(27,28)15-2-4-16(23)5-3-15/h2-7,10-11,24H,8-9,12H2,1H3. The lowest BCUT2D eigenvalue weighted by atomic mass is 9.93. The number of nitrogens with one attached hydrogen (secondary N) is 1. The number of aromatic nitrogens is 3. The van der Waals surface area contributed by atoms with E-state index in [2.05, 4.69) is 10.1 Å². The molecule has 0 saturated carbocycles. The maximum absolute atomic E-state index is 13.8. The van der Waals surface area contributed by atoms with E-state index in [4.69, 9.17) is 4.52 Å². The van der Waals surface area contributed by atoms with E-state index in [0.717, 1.165) is 11.0 Å². The minimum absolute atomic E-state index is 0.169. The molecule has 2 aliphatic heterocycles. The van der Waals surface area contributed by atoms with Gasteiger partial charge in [0.25, 0.3) is 11.8 Å². The summed E-state index contributed by atoms with van der Waals surface area (Å²) in [4.78, 5) is 33.8. The fourth-order valence-corrected chi connectivity index (χ4v) is 4.96. The van der Waals surface area contributed by atoms with Crippen LogP contribution in [-0.4, -0.2) is 49.4 Å². The smallest absolute Gasteiger partial charge is 0.272 e. The van der Waals surface area contributed by atoms with Gasteiger partial charge in [-0.05, 0) is 31.2 Å². The van der Waals surface area contributed by atoms with Crippen molar-refractivity contribution in [3.63, 3.8) is 0 Å². The van der Waals surface area contributed by atoms with Crippen molar-refractivity contribution in [1.82, 2.24) is 24.5 Å². The summed E-state index contributed by atoms with van der Waals surface area (Å²) < 4.78 is 20.7. The molecule has 1 N–H and O–H groups in total. The van der Waals surface area contributed by atoms with Gasteiger partial charge in [0.2, 0.25) is 0 Å². The third-order valence-electron chi connectivity index (χ3n) is 6.42. The highest BCUT2D eigenvalue weighted by Crippen LogP contribution is 2.44. The van der Waals surface area contributed by atoms with Gasteiger partial charge in [-0.3, -0.25) is 9.59 Å². The highest BCUT2D eigenvalue weighted by atomic mass is 19.1. The van der Waals surface area contributed by atoms with Crippen molar-refractivity contribution in [3.8, 4) is 0 Å². The molecule has 0 bridgehead atoms. The van der Waals surface area contributed by atoms with Crippen molar-refractivity contribution in [1.29, 1.82) is 0 Å². The van der Waals surface area contributed by atoms with Crippen LogP contribution in [0.2, 0.25) is 0 Å². The van der Waals surface area contributed by atoms with Crippen molar-refractivity contribution >= 4 is 22.8 Å². The topological polar surface area (TPSA) is 87.4 Å². The average molecular weight is 419 g/mol. The number of rotatable bonds is 2. The van der Waals surface area contributed by atoms with Crippen LogP contribution in [0, 0.1) is 12.7 Å². The number of fused-ring (bicyclic) bond motifs is 4. The zero-order valence-electron chi connectivity index (χ0n) is 16.6. The number of hydrogen-bond acceptors (Lipinski definition) is 4. The van der Waals surface area contributed by atoms with Gasteiger partial charge in [-0.2, -0.15) is 0 Å². The summed E-state index contributed by atoms with van der Waals surface area (Å²) >= 11 is 0. The number of benzene rings is 1. The van der Waals surface area contributed by atoms with Crippen molar-refractivity contribution in [2.24, 2.45) is 0 Å². The number of H-pyrrole nitrogens is 1. The molecule has 0 spiro atoms. The van der Waals surface area contributed by atoms with Crippen molar-refractivity contribution in [2.45, 2.75) is 19.1 Å². The van der Waals surface area contributed by atoms with E-state index in [0.29, 0.717) is 42.1 Å². The van der Waals surface area contributed by atoms with E-state index >= 15 is 0 Å². The summed E-state index contributed by atoms with van der Waals surface area (Å²) in [5.41, 5.74) is 1.77. The molecule has 3 aromatic heterocycles. The second-order valence-electron chi connectivity index (χ2n) is 7.95. The fourth-order valence-electron chi connectivity index (χ4n) is 4.96. The Bertz CT molecular complexity index is 1350. The van der Waals surface area contributed by atoms with Crippen LogP contribution in [-0.2, 0) is 12.2 Å². The highest BCUT2D eigenvalue weighted by Gasteiger charge is 2.56. The lowest BCUT2D eigenvalue weighted by Gasteiger charge is -2.47. The molecule has 0 radical (unpaired) electrons. The summed E-state index contributed by atoms with van der Waals surface area (Å²) in [7, 11) is 0. The third kappa shape index (κ3) is 2.25. The van der Waals surface area contributed by atoms with Crippen molar-refractivity contribution in [3.05, 3.63) is 77.2 Å². The van der Waals surface area contributed by atoms with Crippen LogP contribution in [0.25, 0.3) is 11.0 Å². The van der Waals surface area contributed by atoms with Crippen LogP contribution < -0.4 is 0 Å². The Morgan fingerprint density at radius 1 is 1.23 bits per heavy atom. The molecule has 1 aromatic carbocycles. The first-order chi connectivity index (χ1) is 15.0.